The molecule has 0 saturated heterocycles. The summed E-state index contributed by atoms with van der Waals surface area (Å²) in [4.78, 5) is 22.0. The Labute approximate surface area is 176 Å². The molecule has 1 heterocycles. The van der Waals surface area contributed by atoms with Crippen molar-refractivity contribution in [2.75, 3.05) is 11.8 Å². The number of rotatable bonds is 8. The standard InChI is InChI=1S/C19H16N4O7S/c1-29-17-8-3-2-7-16(17)22-31(27,28)15-6-4-5-13(11-15)19(24)21-20-12-14-9-10-18(30-14)23(25)26/h2-12,22H,1H3,(H,21,24)/b20-12+. The van der Waals surface area contributed by atoms with E-state index in [-0.39, 0.29) is 21.9 Å². The van der Waals surface area contributed by atoms with Crippen molar-refractivity contribution in [3.05, 3.63) is 82.1 Å². The number of anilines is 1. The van der Waals surface area contributed by atoms with Gasteiger partial charge in [-0.1, -0.05) is 18.2 Å². The number of furan rings is 1. The molecular formula is C19H16N4O7S. The number of hydrogen-bond acceptors (Lipinski definition) is 8. The van der Waals surface area contributed by atoms with Crippen molar-refractivity contribution in [3.63, 3.8) is 0 Å². The van der Waals surface area contributed by atoms with Gasteiger partial charge in [0.1, 0.15) is 10.7 Å². The van der Waals surface area contributed by atoms with Crippen LogP contribution in [0.5, 0.6) is 5.75 Å². The van der Waals surface area contributed by atoms with Crippen molar-refractivity contribution in [1.82, 2.24) is 5.43 Å². The number of carbonyl (C=O) groups excluding carboxylic acids is 1. The minimum Gasteiger partial charge on any atom is -0.495 e. The number of hydrazone groups is 1. The third-order valence-corrected chi connectivity index (χ3v) is 5.27. The van der Waals surface area contributed by atoms with Crippen LogP contribution in [0.2, 0.25) is 0 Å². The number of methoxy groups -OCH3 is 1. The van der Waals surface area contributed by atoms with Crippen LogP contribution >= 0.6 is 0 Å². The number of nitrogens with one attached hydrogen (secondary N) is 2. The highest BCUT2D eigenvalue weighted by atomic mass is 32.2. The highest BCUT2D eigenvalue weighted by molar-refractivity contribution is 7.92. The molecule has 0 saturated carbocycles. The minimum absolute atomic E-state index is 0.0328. The molecule has 0 unspecified atom stereocenters. The van der Waals surface area contributed by atoms with Crippen molar-refractivity contribution < 1.29 is 27.3 Å². The SMILES string of the molecule is COc1ccccc1NS(=O)(=O)c1cccc(C(=O)N/N=C/c2ccc([N+](=O)[O-])o2)c1. The zero-order valence-corrected chi connectivity index (χ0v) is 16.8. The lowest BCUT2D eigenvalue weighted by Gasteiger charge is -2.12. The summed E-state index contributed by atoms with van der Waals surface area (Å²) >= 11 is 0. The average molecular weight is 444 g/mol. The van der Waals surface area contributed by atoms with Gasteiger partial charge < -0.3 is 9.15 Å². The summed E-state index contributed by atoms with van der Waals surface area (Å²) in [5.74, 6) is -0.753. The first kappa shape index (κ1) is 21.5. The van der Waals surface area contributed by atoms with Gasteiger partial charge in [-0.25, -0.2) is 13.8 Å². The Morgan fingerprint density at radius 2 is 1.94 bits per heavy atom. The maximum Gasteiger partial charge on any atom is 0.433 e. The molecule has 0 aliphatic heterocycles. The average Bonchev–Trinajstić information content (AvgIpc) is 3.23. The van der Waals surface area contributed by atoms with Gasteiger partial charge in [-0.3, -0.25) is 19.6 Å². The van der Waals surface area contributed by atoms with E-state index in [1.165, 1.54) is 37.4 Å². The van der Waals surface area contributed by atoms with Gasteiger partial charge >= 0.3 is 5.88 Å². The van der Waals surface area contributed by atoms with Gasteiger partial charge in [-0.2, -0.15) is 5.10 Å². The molecule has 11 nitrogen and oxygen atoms in total. The number of nitrogens with zero attached hydrogens (tertiary/aromatic N) is 2. The molecule has 3 aromatic rings. The largest absolute Gasteiger partial charge is 0.495 e. The Balaban J connectivity index is 1.73. The number of amides is 1. The topological polar surface area (TPSA) is 153 Å². The van der Waals surface area contributed by atoms with Crippen LogP contribution in [0.25, 0.3) is 0 Å². The predicted molar refractivity (Wildman–Crippen MR) is 111 cm³/mol. The van der Waals surface area contributed by atoms with E-state index in [1.807, 2.05) is 0 Å². The van der Waals surface area contributed by atoms with Crippen LogP contribution in [0.3, 0.4) is 0 Å². The van der Waals surface area contributed by atoms with Crippen LogP contribution in [0.4, 0.5) is 11.6 Å². The summed E-state index contributed by atoms with van der Waals surface area (Å²) in [6, 6.07) is 14.3. The van der Waals surface area contributed by atoms with Gasteiger partial charge in [0.25, 0.3) is 15.9 Å². The van der Waals surface area contributed by atoms with E-state index in [4.69, 9.17) is 9.15 Å². The van der Waals surface area contributed by atoms with Gasteiger partial charge in [0.15, 0.2) is 5.76 Å². The first-order valence-electron chi connectivity index (χ1n) is 8.63. The third-order valence-electron chi connectivity index (χ3n) is 3.91. The summed E-state index contributed by atoms with van der Waals surface area (Å²) in [5.41, 5.74) is 2.48. The first-order valence-corrected chi connectivity index (χ1v) is 10.1. The summed E-state index contributed by atoms with van der Waals surface area (Å²) in [6.45, 7) is 0. The Morgan fingerprint density at radius 1 is 1.16 bits per heavy atom. The molecular weight excluding hydrogens is 428 g/mol. The van der Waals surface area contributed by atoms with Gasteiger partial charge in [0, 0.05) is 5.56 Å². The zero-order valence-electron chi connectivity index (χ0n) is 16.0. The molecule has 0 aliphatic carbocycles. The molecule has 0 fully saturated rings. The summed E-state index contributed by atoms with van der Waals surface area (Å²) in [6.07, 6.45) is 1.08. The lowest BCUT2D eigenvalue weighted by atomic mass is 10.2. The lowest BCUT2D eigenvalue weighted by molar-refractivity contribution is -0.402. The number of ether oxygens (including phenoxy) is 1. The maximum atomic E-state index is 12.7. The van der Waals surface area contributed by atoms with Crippen LogP contribution in [-0.2, 0) is 10.0 Å². The molecule has 0 radical (unpaired) electrons. The highest BCUT2D eigenvalue weighted by Gasteiger charge is 2.18. The zero-order chi connectivity index (χ0) is 22.4. The smallest absolute Gasteiger partial charge is 0.433 e. The van der Waals surface area contributed by atoms with Gasteiger partial charge in [0.2, 0.25) is 0 Å². The van der Waals surface area contributed by atoms with Crippen LogP contribution < -0.4 is 14.9 Å². The van der Waals surface area contributed by atoms with E-state index in [2.05, 4.69) is 15.2 Å². The molecule has 1 amide bonds. The van der Waals surface area contributed by atoms with E-state index in [0.717, 1.165) is 12.3 Å². The normalized spacial score (nSPS) is 11.3. The molecule has 3 rings (SSSR count). The van der Waals surface area contributed by atoms with Crippen molar-refractivity contribution in [1.29, 1.82) is 0 Å². The van der Waals surface area contributed by atoms with Crippen LogP contribution in [-0.4, -0.2) is 32.6 Å². The van der Waals surface area contributed by atoms with Gasteiger partial charge in [0.05, 0.1) is 30.0 Å². The molecule has 31 heavy (non-hydrogen) atoms. The maximum absolute atomic E-state index is 12.7. The third kappa shape index (κ3) is 5.25. The number of para-hydroxylation sites is 2. The lowest BCUT2D eigenvalue weighted by Crippen LogP contribution is -2.19. The van der Waals surface area contributed by atoms with Crippen molar-refractivity contribution in [2.45, 2.75) is 4.90 Å². The Morgan fingerprint density at radius 3 is 2.65 bits per heavy atom. The second-order valence-corrected chi connectivity index (χ2v) is 7.65. The van der Waals surface area contributed by atoms with Gasteiger partial charge in [-0.15, -0.1) is 0 Å². The summed E-state index contributed by atoms with van der Waals surface area (Å²) < 4.78 is 37.8. The summed E-state index contributed by atoms with van der Waals surface area (Å²) in [5, 5.41) is 14.2. The molecule has 0 spiro atoms. The fourth-order valence-electron chi connectivity index (χ4n) is 2.47. The second kappa shape index (κ2) is 9.09. The van der Waals surface area contributed by atoms with E-state index < -0.39 is 26.7 Å². The van der Waals surface area contributed by atoms with Crippen LogP contribution in [0.15, 0.2) is 75.1 Å². The quantitative estimate of drug-likeness (QED) is 0.308. The van der Waals surface area contributed by atoms with Gasteiger partial charge in [-0.05, 0) is 36.4 Å². The Kier molecular flexibility index (Phi) is 6.31. The number of carbonyl (C=O) groups is 1. The molecule has 2 N–H and O–H groups in total. The predicted octanol–water partition coefficient (Wildman–Crippen LogP) is 2.76. The Hall–Kier alpha value is -4.19. The van der Waals surface area contributed by atoms with Crippen molar-refractivity contribution in [3.8, 4) is 5.75 Å². The molecule has 1 aromatic heterocycles. The monoisotopic (exact) mass is 444 g/mol. The summed E-state index contributed by atoms with van der Waals surface area (Å²) in [7, 11) is -2.58. The first-order chi connectivity index (χ1) is 14.8. The van der Waals surface area contributed by atoms with E-state index in [0.29, 0.717) is 5.75 Å². The molecule has 2 aromatic carbocycles. The number of nitro groups is 1. The fourth-order valence-corrected chi connectivity index (χ4v) is 3.58. The van der Waals surface area contributed by atoms with Crippen molar-refractivity contribution in [2.24, 2.45) is 5.10 Å². The Bertz CT molecular complexity index is 1250. The van der Waals surface area contributed by atoms with E-state index in [1.54, 1.807) is 24.3 Å². The molecule has 0 bridgehead atoms. The fraction of sp³-hybridized carbons (Fsp3) is 0.0526. The van der Waals surface area contributed by atoms with E-state index >= 15 is 0 Å². The highest BCUT2D eigenvalue weighted by Crippen LogP contribution is 2.26. The molecule has 0 aliphatic rings. The molecule has 12 heteroatoms. The number of hydrogen-bond donors (Lipinski definition) is 2. The minimum atomic E-state index is -4.00. The number of sulfonamides is 1. The molecule has 0 atom stereocenters. The number of benzene rings is 2. The van der Waals surface area contributed by atoms with Crippen LogP contribution in [0, 0.1) is 10.1 Å². The molecule has 160 valence electrons. The van der Waals surface area contributed by atoms with Crippen LogP contribution in [0.1, 0.15) is 16.1 Å². The second-order valence-electron chi connectivity index (χ2n) is 5.97. The van der Waals surface area contributed by atoms with E-state index in [9.17, 15) is 23.3 Å². The van der Waals surface area contributed by atoms with Crippen molar-refractivity contribution >= 4 is 33.7 Å².